The molecule has 0 saturated heterocycles. The van der Waals surface area contributed by atoms with Crippen molar-refractivity contribution in [2.75, 3.05) is 0 Å². The van der Waals surface area contributed by atoms with Crippen LogP contribution in [0.1, 0.15) is 62.3 Å². The molecule has 3 atom stereocenters. The molecule has 5 heteroatoms. The van der Waals surface area contributed by atoms with Crippen LogP contribution in [0.2, 0.25) is 0 Å². The number of pyridine rings is 1. The van der Waals surface area contributed by atoms with E-state index in [0.717, 1.165) is 17.8 Å². The summed E-state index contributed by atoms with van der Waals surface area (Å²) in [7, 11) is 0. The van der Waals surface area contributed by atoms with Crippen molar-refractivity contribution >= 4 is 0 Å². The summed E-state index contributed by atoms with van der Waals surface area (Å²) >= 11 is 0. The fraction of sp³-hybridized carbons (Fsp3) is 0.550. The van der Waals surface area contributed by atoms with E-state index in [1.54, 1.807) is 18.0 Å². The van der Waals surface area contributed by atoms with E-state index >= 15 is 0 Å². The number of hydrogen-bond donors (Lipinski definition) is 1. The first kappa shape index (κ1) is 16.5. The summed E-state index contributed by atoms with van der Waals surface area (Å²) < 4.78 is 5.49. The average molecular weight is 338 g/mol. The van der Waals surface area contributed by atoms with Gasteiger partial charge in [0.05, 0.1) is 6.04 Å². The molecule has 25 heavy (non-hydrogen) atoms. The van der Waals surface area contributed by atoms with Crippen LogP contribution in [0.3, 0.4) is 0 Å². The van der Waals surface area contributed by atoms with Crippen molar-refractivity contribution in [2.24, 2.45) is 17.1 Å². The fourth-order valence-electron chi connectivity index (χ4n) is 4.72. The third-order valence-electron chi connectivity index (χ3n) is 5.62. The van der Waals surface area contributed by atoms with Crippen LogP contribution >= 0.6 is 0 Å². The SMILES string of the molecule is CC1C=C2CCCC(Cc3noc([C@@H](N)Cc4ccncc4)n3)(C2)C1. The van der Waals surface area contributed by atoms with Crippen LogP contribution in [0.5, 0.6) is 0 Å². The molecule has 2 aliphatic carbocycles. The number of allylic oxidation sites excluding steroid dienone is 2. The zero-order chi connectivity index (χ0) is 17.3. The summed E-state index contributed by atoms with van der Waals surface area (Å²) in [5, 5.41) is 4.24. The van der Waals surface area contributed by atoms with Crippen LogP contribution in [-0.4, -0.2) is 15.1 Å². The molecule has 2 aromatic heterocycles. The van der Waals surface area contributed by atoms with E-state index in [0.29, 0.717) is 23.6 Å². The predicted molar refractivity (Wildman–Crippen MR) is 95.6 cm³/mol. The molecule has 1 fully saturated rings. The van der Waals surface area contributed by atoms with E-state index in [-0.39, 0.29) is 6.04 Å². The van der Waals surface area contributed by atoms with Gasteiger partial charge in [0.2, 0.25) is 5.89 Å². The maximum atomic E-state index is 6.27. The molecule has 2 heterocycles. The Morgan fingerprint density at radius 3 is 3.04 bits per heavy atom. The first-order valence-corrected chi connectivity index (χ1v) is 9.28. The summed E-state index contributed by atoms with van der Waals surface area (Å²) in [6.07, 6.45) is 13.8. The molecule has 0 aliphatic heterocycles. The summed E-state index contributed by atoms with van der Waals surface area (Å²) in [4.78, 5) is 8.66. The molecule has 0 aromatic carbocycles. The molecule has 0 spiro atoms. The molecule has 1 saturated carbocycles. The van der Waals surface area contributed by atoms with Gasteiger partial charge in [0, 0.05) is 18.8 Å². The van der Waals surface area contributed by atoms with E-state index in [1.807, 2.05) is 12.1 Å². The quantitative estimate of drug-likeness (QED) is 0.840. The Labute approximate surface area is 148 Å². The van der Waals surface area contributed by atoms with E-state index in [2.05, 4.69) is 28.1 Å². The lowest BCUT2D eigenvalue weighted by atomic mass is 9.62. The smallest absolute Gasteiger partial charge is 0.243 e. The van der Waals surface area contributed by atoms with Gasteiger partial charge in [0.1, 0.15) is 0 Å². The zero-order valence-corrected chi connectivity index (χ0v) is 14.8. The second kappa shape index (κ2) is 6.71. The van der Waals surface area contributed by atoms with Crippen molar-refractivity contribution in [3.63, 3.8) is 0 Å². The van der Waals surface area contributed by atoms with Crippen molar-refractivity contribution in [3.05, 3.63) is 53.5 Å². The lowest BCUT2D eigenvalue weighted by Crippen LogP contribution is -2.33. The van der Waals surface area contributed by atoms with Gasteiger partial charge in [-0.1, -0.05) is 23.7 Å². The van der Waals surface area contributed by atoms with E-state index in [1.165, 1.54) is 32.1 Å². The number of hydrogen-bond acceptors (Lipinski definition) is 5. The summed E-state index contributed by atoms with van der Waals surface area (Å²) in [5.41, 5.74) is 9.34. The van der Waals surface area contributed by atoms with Gasteiger partial charge < -0.3 is 10.3 Å². The van der Waals surface area contributed by atoms with Crippen LogP contribution in [0, 0.1) is 11.3 Å². The van der Waals surface area contributed by atoms with Crippen LogP contribution in [-0.2, 0) is 12.8 Å². The third-order valence-corrected chi connectivity index (χ3v) is 5.62. The Bertz CT molecular complexity index is 754. The molecule has 2 unspecified atom stereocenters. The standard InChI is InChI=1S/C20H26N4O/c1-14-9-16-3-2-6-20(11-14,12-16)13-18-23-19(25-24-18)17(21)10-15-4-7-22-8-5-15/h4-5,7-9,14,17H,2-3,6,10-13,21H2,1H3/t14?,17-,20?/m0/s1. The van der Waals surface area contributed by atoms with Gasteiger partial charge in [-0.15, -0.1) is 0 Å². The molecule has 0 amide bonds. The van der Waals surface area contributed by atoms with Gasteiger partial charge in [-0.2, -0.15) is 4.98 Å². The molecule has 4 rings (SSSR count). The third kappa shape index (κ3) is 3.66. The Hall–Kier alpha value is -2.01. The van der Waals surface area contributed by atoms with Crippen LogP contribution in [0.15, 0.2) is 40.7 Å². The van der Waals surface area contributed by atoms with Crippen molar-refractivity contribution < 1.29 is 4.52 Å². The first-order valence-electron chi connectivity index (χ1n) is 9.28. The largest absolute Gasteiger partial charge is 0.338 e. The summed E-state index contributed by atoms with van der Waals surface area (Å²) in [5.74, 6) is 2.01. The molecule has 5 nitrogen and oxygen atoms in total. The minimum Gasteiger partial charge on any atom is -0.338 e. The van der Waals surface area contributed by atoms with E-state index < -0.39 is 0 Å². The van der Waals surface area contributed by atoms with Gasteiger partial charge >= 0.3 is 0 Å². The van der Waals surface area contributed by atoms with Crippen LogP contribution in [0.4, 0.5) is 0 Å². The highest BCUT2D eigenvalue weighted by Crippen LogP contribution is 2.49. The first-order chi connectivity index (χ1) is 12.1. The second-order valence-electron chi connectivity index (χ2n) is 7.93. The topological polar surface area (TPSA) is 77.8 Å². The van der Waals surface area contributed by atoms with Crippen molar-refractivity contribution in [1.82, 2.24) is 15.1 Å². The average Bonchev–Trinajstić information content (AvgIpc) is 3.03. The monoisotopic (exact) mass is 338 g/mol. The molecular weight excluding hydrogens is 312 g/mol. The maximum absolute atomic E-state index is 6.27. The van der Waals surface area contributed by atoms with Crippen LogP contribution in [0.25, 0.3) is 0 Å². The number of nitrogens with zero attached hydrogens (tertiary/aromatic N) is 3. The Morgan fingerprint density at radius 2 is 2.20 bits per heavy atom. The maximum Gasteiger partial charge on any atom is 0.243 e. The summed E-state index contributed by atoms with van der Waals surface area (Å²) in [6, 6.07) is 3.67. The minimum absolute atomic E-state index is 0.270. The van der Waals surface area contributed by atoms with Gasteiger partial charge in [-0.3, -0.25) is 4.98 Å². The molecule has 2 aliphatic rings. The van der Waals surface area contributed by atoms with Crippen molar-refractivity contribution in [3.8, 4) is 0 Å². The molecular formula is C20H26N4O. The number of aromatic nitrogens is 3. The van der Waals surface area contributed by atoms with Crippen molar-refractivity contribution in [1.29, 1.82) is 0 Å². The predicted octanol–water partition coefficient (Wildman–Crippen LogP) is 3.78. The van der Waals surface area contributed by atoms with Gasteiger partial charge in [0.25, 0.3) is 0 Å². The van der Waals surface area contributed by atoms with Crippen LogP contribution < -0.4 is 5.73 Å². The molecule has 132 valence electrons. The molecule has 2 bridgehead atoms. The van der Waals surface area contributed by atoms with Gasteiger partial charge in [-0.25, -0.2) is 0 Å². The van der Waals surface area contributed by atoms with Gasteiger partial charge in [-0.05, 0) is 67.6 Å². The lowest BCUT2D eigenvalue weighted by molar-refractivity contribution is 0.164. The van der Waals surface area contributed by atoms with E-state index in [9.17, 15) is 0 Å². The zero-order valence-electron chi connectivity index (χ0n) is 14.8. The Morgan fingerprint density at radius 1 is 1.36 bits per heavy atom. The molecule has 2 aromatic rings. The number of rotatable bonds is 5. The lowest BCUT2D eigenvalue weighted by Gasteiger charge is -2.43. The highest BCUT2D eigenvalue weighted by Gasteiger charge is 2.39. The van der Waals surface area contributed by atoms with Gasteiger partial charge in [0.15, 0.2) is 5.82 Å². The van der Waals surface area contributed by atoms with Crippen molar-refractivity contribution in [2.45, 2.75) is 57.9 Å². The molecule has 0 radical (unpaired) electrons. The number of fused-ring (bicyclic) bond motifs is 2. The normalized spacial score (nSPS) is 27.0. The fourth-order valence-corrected chi connectivity index (χ4v) is 4.72. The second-order valence-corrected chi connectivity index (χ2v) is 7.93. The summed E-state index contributed by atoms with van der Waals surface area (Å²) in [6.45, 7) is 2.32. The number of nitrogens with two attached hydrogens (primary N) is 1. The Balaban J connectivity index is 1.45. The highest BCUT2D eigenvalue weighted by atomic mass is 16.5. The van der Waals surface area contributed by atoms with E-state index in [4.69, 9.17) is 10.3 Å². The minimum atomic E-state index is -0.270. The highest BCUT2D eigenvalue weighted by molar-refractivity contribution is 5.17. The molecule has 2 N–H and O–H groups in total. The Kier molecular flexibility index (Phi) is 4.42.